The van der Waals surface area contributed by atoms with Crippen LogP contribution >= 0.6 is 48.8 Å². The van der Waals surface area contributed by atoms with Crippen molar-refractivity contribution in [2.45, 2.75) is 5.33 Å². The molecule has 1 aromatic heterocycles. The Kier molecular flexibility index (Phi) is 5.58. The van der Waals surface area contributed by atoms with E-state index in [4.69, 9.17) is 0 Å². The standard InChI is InChI=1S/C6H5Br2N.BrH/c7-3-5-1-2-6(8)9-4-5;/h1-2,4H,3H2;1H. The molecule has 0 saturated carbocycles. The third-order valence-electron chi connectivity index (χ3n) is 0.943. The van der Waals surface area contributed by atoms with Crippen molar-refractivity contribution in [3.05, 3.63) is 28.5 Å². The fourth-order valence-electron chi connectivity index (χ4n) is 0.485. The van der Waals surface area contributed by atoms with Gasteiger partial charge in [-0.25, -0.2) is 4.98 Å². The van der Waals surface area contributed by atoms with Crippen LogP contribution in [0.1, 0.15) is 5.56 Å². The van der Waals surface area contributed by atoms with E-state index in [0.29, 0.717) is 0 Å². The van der Waals surface area contributed by atoms with Crippen molar-refractivity contribution in [3.63, 3.8) is 0 Å². The molecule has 0 aliphatic heterocycles. The van der Waals surface area contributed by atoms with Crippen LogP contribution in [0.4, 0.5) is 0 Å². The van der Waals surface area contributed by atoms with Gasteiger partial charge in [-0.2, -0.15) is 0 Å². The van der Waals surface area contributed by atoms with E-state index in [1.54, 1.807) is 0 Å². The van der Waals surface area contributed by atoms with Gasteiger partial charge in [-0.1, -0.05) is 22.0 Å². The predicted molar refractivity (Wildman–Crippen MR) is 54.9 cm³/mol. The molecule has 1 heterocycles. The lowest BCUT2D eigenvalue weighted by atomic mass is 10.3. The van der Waals surface area contributed by atoms with Crippen LogP contribution < -0.4 is 0 Å². The molecule has 0 radical (unpaired) electrons. The Bertz CT molecular complexity index is 185. The molecule has 0 bridgehead atoms. The largest absolute Gasteiger partial charge is 0.249 e. The number of hydrogen-bond acceptors (Lipinski definition) is 1. The normalized spacial score (nSPS) is 8.60. The van der Waals surface area contributed by atoms with Crippen LogP contribution in [0, 0.1) is 0 Å². The Labute approximate surface area is 87.3 Å². The van der Waals surface area contributed by atoms with E-state index in [2.05, 4.69) is 36.8 Å². The molecule has 0 aliphatic carbocycles. The first kappa shape index (κ1) is 10.6. The quantitative estimate of drug-likeness (QED) is 0.568. The first-order chi connectivity index (χ1) is 4.33. The first-order valence-corrected chi connectivity index (χ1v) is 4.41. The molecule has 0 amide bonds. The first-order valence-electron chi connectivity index (χ1n) is 2.49. The van der Waals surface area contributed by atoms with Gasteiger partial charge in [-0.3, -0.25) is 0 Å². The van der Waals surface area contributed by atoms with Gasteiger partial charge in [0.15, 0.2) is 0 Å². The Balaban J connectivity index is 0.000000810. The maximum atomic E-state index is 4.04. The molecule has 56 valence electrons. The summed E-state index contributed by atoms with van der Waals surface area (Å²) < 4.78 is 0.882. The molecular weight excluding hydrogens is 326 g/mol. The zero-order chi connectivity index (χ0) is 6.69. The summed E-state index contributed by atoms with van der Waals surface area (Å²) in [5, 5.41) is 0.868. The molecule has 0 fully saturated rings. The second kappa shape index (κ2) is 5.27. The van der Waals surface area contributed by atoms with Crippen molar-refractivity contribution in [2.75, 3.05) is 0 Å². The van der Waals surface area contributed by atoms with Crippen molar-refractivity contribution in [1.29, 1.82) is 0 Å². The molecule has 1 aromatic rings. The zero-order valence-corrected chi connectivity index (χ0v) is 9.94. The van der Waals surface area contributed by atoms with E-state index in [0.717, 1.165) is 9.93 Å². The number of hydrogen-bond donors (Lipinski definition) is 0. The Morgan fingerprint density at radius 2 is 2.10 bits per heavy atom. The van der Waals surface area contributed by atoms with Crippen molar-refractivity contribution >= 4 is 48.8 Å². The van der Waals surface area contributed by atoms with Crippen molar-refractivity contribution < 1.29 is 0 Å². The van der Waals surface area contributed by atoms with E-state index in [9.17, 15) is 0 Å². The minimum Gasteiger partial charge on any atom is -0.249 e. The molecular formula is C6H6Br3N. The third kappa shape index (κ3) is 3.12. The van der Waals surface area contributed by atoms with Gasteiger partial charge in [-0.05, 0) is 27.6 Å². The summed E-state index contributed by atoms with van der Waals surface area (Å²) in [5.74, 6) is 0. The molecule has 1 nitrogen and oxygen atoms in total. The van der Waals surface area contributed by atoms with Gasteiger partial charge in [0.05, 0.1) is 0 Å². The Morgan fingerprint density at radius 3 is 2.50 bits per heavy atom. The molecule has 0 atom stereocenters. The molecule has 10 heavy (non-hydrogen) atoms. The van der Waals surface area contributed by atoms with E-state index in [-0.39, 0.29) is 17.0 Å². The molecule has 0 N–H and O–H groups in total. The van der Waals surface area contributed by atoms with Crippen LogP contribution in [-0.2, 0) is 5.33 Å². The summed E-state index contributed by atoms with van der Waals surface area (Å²) in [6, 6.07) is 3.95. The van der Waals surface area contributed by atoms with Gasteiger partial charge in [0.1, 0.15) is 4.60 Å². The summed E-state index contributed by atoms with van der Waals surface area (Å²) >= 11 is 6.57. The summed E-state index contributed by atoms with van der Waals surface area (Å²) in [4.78, 5) is 4.04. The highest BCUT2D eigenvalue weighted by Gasteiger charge is 1.88. The van der Waals surface area contributed by atoms with Crippen LogP contribution in [-0.4, -0.2) is 4.98 Å². The fraction of sp³-hybridized carbons (Fsp3) is 0.167. The molecule has 0 aromatic carbocycles. The van der Waals surface area contributed by atoms with Crippen LogP contribution in [0.3, 0.4) is 0 Å². The molecule has 0 aliphatic rings. The number of halogens is 3. The van der Waals surface area contributed by atoms with Crippen LogP contribution in [0.25, 0.3) is 0 Å². The monoisotopic (exact) mass is 329 g/mol. The second-order valence-electron chi connectivity index (χ2n) is 1.62. The highest BCUT2D eigenvalue weighted by molar-refractivity contribution is 9.10. The minimum absolute atomic E-state index is 0. The number of pyridine rings is 1. The summed E-state index contributed by atoms with van der Waals surface area (Å²) in [6.07, 6.45) is 1.83. The SMILES string of the molecule is Br.BrCc1ccc(Br)nc1. The lowest BCUT2D eigenvalue weighted by Gasteiger charge is -1.91. The van der Waals surface area contributed by atoms with Crippen molar-refractivity contribution in [2.24, 2.45) is 0 Å². The zero-order valence-electron chi connectivity index (χ0n) is 5.05. The van der Waals surface area contributed by atoms with Crippen molar-refractivity contribution in [3.8, 4) is 0 Å². The van der Waals surface area contributed by atoms with Gasteiger partial charge < -0.3 is 0 Å². The second-order valence-corrected chi connectivity index (χ2v) is 3.00. The van der Waals surface area contributed by atoms with E-state index >= 15 is 0 Å². The molecule has 4 heteroatoms. The molecule has 0 unspecified atom stereocenters. The number of nitrogens with zero attached hydrogens (tertiary/aromatic N) is 1. The van der Waals surface area contributed by atoms with Gasteiger partial charge in [0.2, 0.25) is 0 Å². The van der Waals surface area contributed by atoms with E-state index < -0.39 is 0 Å². The lowest BCUT2D eigenvalue weighted by Crippen LogP contribution is -1.78. The average molecular weight is 332 g/mol. The summed E-state index contributed by atoms with van der Waals surface area (Å²) in [5.41, 5.74) is 1.19. The Hall–Kier alpha value is 0.590. The highest BCUT2D eigenvalue weighted by atomic mass is 79.9. The van der Waals surface area contributed by atoms with Gasteiger partial charge >= 0.3 is 0 Å². The maximum Gasteiger partial charge on any atom is 0.106 e. The number of rotatable bonds is 1. The van der Waals surface area contributed by atoms with Gasteiger partial charge in [0.25, 0.3) is 0 Å². The van der Waals surface area contributed by atoms with E-state index in [1.807, 2.05) is 18.3 Å². The average Bonchev–Trinajstić information content (AvgIpc) is 1.90. The number of aromatic nitrogens is 1. The Morgan fingerprint density at radius 1 is 1.40 bits per heavy atom. The summed E-state index contributed by atoms with van der Waals surface area (Å²) in [7, 11) is 0. The molecule has 0 spiro atoms. The third-order valence-corrected chi connectivity index (χ3v) is 2.06. The van der Waals surface area contributed by atoms with Gasteiger partial charge in [0, 0.05) is 11.5 Å². The smallest absolute Gasteiger partial charge is 0.106 e. The lowest BCUT2D eigenvalue weighted by molar-refractivity contribution is 1.22. The minimum atomic E-state index is 0. The van der Waals surface area contributed by atoms with Crippen LogP contribution in [0.5, 0.6) is 0 Å². The molecule has 0 saturated heterocycles. The summed E-state index contributed by atoms with van der Waals surface area (Å²) in [6.45, 7) is 0. The van der Waals surface area contributed by atoms with Crippen molar-refractivity contribution in [1.82, 2.24) is 4.98 Å². The van der Waals surface area contributed by atoms with E-state index in [1.165, 1.54) is 5.56 Å². The fourth-order valence-corrected chi connectivity index (χ4v) is 1.05. The highest BCUT2D eigenvalue weighted by Crippen LogP contribution is 2.08. The molecule has 1 rings (SSSR count). The number of alkyl halides is 1. The maximum absolute atomic E-state index is 4.04. The van der Waals surface area contributed by atoms with Crippen LogP contribution in [0.15, 0.2) is 22.9 Å². The van der Waals surface area contributed by atoms with Gasteiger partial charge in [-0.15, -0.1) is 17.0 Å². The van der Waals surface area contributed by atoms with Crippen LogP contribution in [0.2, 0.25) is 0 Å². The predicted octanol–water partition coefficient (Wildman–Crippen LogP) is 3.32. The topological polar surface area (TPSA) is 12.9 Å².